The van der Waals surface area contributed by atoms with Crippen LogP contribution in [0.1, 0.15) is 74.3 Å². The summed E-state index contributed by atoms with van der Waals surface area (Å²) in [7, 11) is 2.13. The molecule has 7 rings (SSSR count). The van der Waals surface area contributed by atoms with E-state index in [9.17, 15) is 0 Å². The van der Waals surface area contributed by atoms with Crippen molar-refractivity contribution in [2.75, 3.05) is 21.7 Å². The van der Waals surface area contributed by atoms with Crippen LogP contribution in [0.15, 0.2) is 110 Å². The van der Waals surface area contributed by atoms with E-state index < -0.39 is 0 Å². The number of nitrogens with zero attached hydrogens (tertiary/aromatic N) is 6. The van der Waals surface area contributed by atoms with Gasteiger partial charge in [-0.25, -0.2) is 9.97 Å². The number of aromatic nitrogens is 2. The average Bonchev–Trinajstić information content (AvgIpc) is 3.82. The van der Waals surface area contributed by atoms with Gasteiger partial charge < -0.3 is 19.6 Å². The van der Waals surface area contributed by atoms with Crippen LogP contribution in [-0.4, -0.2) is 34.2 Å². The van der Waals surface area contributed by atoms with Gasteiger partial charge in [0.2, 0.25) is 0 Å². The lowest BCUT2D eigenvalue weighted by Crippen LogP contribution is -2.45. The molecule has 6 heteroatoms. The SMILES string of the molecule is CC.CC.CC.CCC(C)C(C)C1N(c2ccccc2)c2nccnc2N1c1ccccc1.CN1C=CN2c3ccccc3CC12. The van der Waals surface area contributed by atoms with Crippen LogP contribution in [0.25, 0.3) is 0 Å². The summed E-state index contributed by atoms with van der Waals surface area (Å²) in [6, 6.07) is 29.7. The molecule has 246 valence electrons. The highest BCUT2D eigenvalue weighted by atomic mass is 15.5. The van der Waals surface area contributed by atoms with Gasteiger partial charge in [-0.1, -0.05) is 123 Å². The Bertz CT molecular complexity index is 1390. The maximum Gasteiger partial charge on any atom is 0.178 e. The van der Waals surface area contributed by atoms with Crippen molar-refractivity contribution < 1.29 is 0 Å². The molecule has 0 N–H and O–H groups in total. The van der Waals surface area contributed by atoms with E-state index in [2.05, 4.69) is 145 Å². The summed E-state index contributed by atoms with van der Waals surface area (Å²) in [6.07, 6.45) is 10.8. The molecular formula is C40H56N6. The zero-order chi connectivity index (χ0) is 33.6. The minimum absolute atomic E-state index is 0.127. The molecule has 0 fully saturated rings. The zero-order valence-electron chi connectivity index (χ0n) is 29.8. The van der Waals surface area contributed by atoms with E-state index in [1.54, 1.807) is 12.4 Å². The number of rotatable bonds is 5. The van der Waals surface area contributed by atoms with Gasteiger partial charge in [0.15, 0.2) is 11.6 Å². The van der Waals surface area contributed by atoms with Crippen molar-refractivity contribution in [3.8, 4) is 0 Å². The Morgan fingerprint density at radius 3 is 1.65 bits per heavy atom. The molecule has 3 aromatic carbocycles. The number of fused-ring (bicyclic) bond motifs is 4. The Hall–Kier alpha value is -4.32. The first-order valence-corrected chi connectivity index (χ1v) is 17.3. The van der Waals surface area contributed by atoms with Crippen molar-refractivity contribution >= 4 is 28.7 Å². The largest absolute Gasteiger partial charge is 0.358 e. The second kappa shape index (κ2) is 18.0. The first-order chi connectivity index (χ1) is 22.6. The number of anilines is 5. The van der Waals surface area contributed by atoms with Crippen molar-refractivity contribution in [1.82, 2.24) is 14.9 Å². The molecule has 0 radical (unpaired) electrons. The summed E-state index contributed by atoms with van der Waals surface area (Å²) in [5.74, 6) is 2.84. The summed E-state index contributed by atoms with van der Waals surface area (Å²) in [5, 5.41) is 0. The van der Waals surface area contributed by atoms with Gasteiger partial charge in [0.05, 0.1) is 0 Å². The molecule has 0 saturated carbocycles. The third-order valence-electron chi connectivity index (χ3n) is 8.65. The van der Waals surface area contributed by atoms with Crippen LogP contribution in [0.4, 0.5) is 28.7 Å². The van der Waals surface area contributed by atoms with Gasteiger partial charge in [0.1, 0.15) is 12.3 Å². The van der Waals surface area contributed by atoms with Gasteiger partial charge in [-0.3, -0.25) is 0 Å². The lowest BCUT2D eigenvalue weighted by molar-refractivity contribution is 0.322. The fourth-order valence-electron chi connectivity index (χ4n) is 6.08. The minimum Gasteiger partial charge on any atom is -0.358 e. The van der Waals surface area contributed by atoms with Crippen LogP contribution in [0.3, 0.4) is 0 Å². The highest BCUT2D eigenvalue weighted by Crippen LogP contribution is 2.48. The normalized spacial score (nSPS) is 16.6. The van der Waals surface area contributed by atoms with Crippen LogP contribution in [-0.2, 0) is 6.42 Å². The molecule has 3 aliphatic rings. The van der Waals surface area contributed by atoms with Gasteiger partial charge in [0.25, 0.3) is 0 Å². The van der Waals surface area contributed by atoms with E-state index in [0.717, 1.165) is 35.9 Å². The maximum atomic E-state index is 4.73. The second-order valence-corrected chi connectivity index (χ2v) is 11.0. The molecule has 0 saturated heterocycles. The minimum atomic E-state index is 0.127. The Morgan fingerprint density at radius 1 is 0.674 bits per heavy atom. The summed E-state index contributed by atoms with van der Waals surface area (Å²) >= 11 is 0. The predicted octanol–water partition coefficient (Wildman–Crippen LogP) is 10.6. The topological polar surface area (TPSA) is 38.7 Å². The second-order valence-electron chi connectivity index (χ2n) is 11.0. The molecule has 3 aliphatic heterocycles. The van der Waals surface area contributed by atoms with Crippen LogP contribution in [0, 0.1) is 11.8 Å². The first-order valence-electron chi connectivity index (χ1n) is 17.3. The quantitative estimate of drug-likeness (QED) is 0.221. The van der Waals surface area contributed by atoms with E-state index in [0.29, 0.717) is 18.0 Å². The molecule has 0 bridgehead atoms. The summed E-state index contributed by atoms with van der Waals surface area (Å²) in [4.78, 5) is 18.8. The number of para-hydroxylation sites is 3. The van der Waals surface area contributed by atoms with Crippen molar-refractivity contribution in [3.05, 3.63) is 115 Å². The number of hydrogen-bond acceptors (Lipinski definition) is 6. The van der Waals surface area contributed by atoms with E-state index in [1.165, 1.54) is 11.3 Å². The monoisotopic (exact) mass is 620 g/mol. The summed E-state index contributed by atoms with van der Waals surface area (Å²) in [6.45, 7) is 18.9. The predicted molar refractivity (Wildman–Crippen MR) is 199 cm³/mol. The van der Waals surface area contributed by atoms with Crippen molar-refractivity contribution in [3.63, 3.8) is 0 Å². The van der Waals surface area contributed by atoms with Crippen molar-refractivity contribution in [1.29, 1.82) is 0 Å². The maximum absolute atomic E-state index is 4.73. The average molecular weight is 621 g/mol. The molecule has 4 heterocycles. The molecule has 3 unspecified atom stereocenters. The zero-order valence-corrected chi connectivity index (χ0v) is 29.8. The molecule has 0 amide bonds. The van der Waals surface area contributed by atoms with Gasteiger partial charge in [-0.15, -0.1) is 0 Å². The van der Waals surface area contributed by atoms with Gasteiger partial charge in [-0.2, -0.15) is 0 Å². The van der Waals surface area contributed by atoms with E-state index in [1.807, 2.05) is 41.5 Å². The molecular weight excluding hydrogens is 564 g/mol. The number of likely N-dealkylation sites (N-methyl/N-ethyl adjacent to an activating group) is 1. The Kier molecular flexibility index (Phi) is 14.1. The van der Waals surface area contributed by atoms with Crippen LogP contribution >= 0.6 is 0 Å². The van der Waals surface area contributed by atoms with Crippen LogP contribution in [0.2, 0.25) is 0 Å². The molecule has 46 heavy (non-hydrogen) atoms. The van der Waals surface area contributed by atoms with Crippen LogP contribution in [0.5, 0.6) is 0 Å². The fourth-order valence-corrected chi connectivity index (χ4v) is 6.08. The fraction of sp³-hybridized carbons (Fsp3) is 0.400. The highest BCUT2D eigenvalue weighted by Gasteiger charge is 2.44. The molecule has 0 aliphatic carbocycles. The van der Waals surface area contributed by atoms with Gasteiger partial charge >= 0.3 is 0 Å². The third-order valence-corrected chi connectivity index (χ3v) is 8.65. The van der Waals surface area contributed by atoms with Gasteiger partial charge in [-0.05, 0) is 47.7 Å². The number of benzene rings is 3. The lowest BCUT2D eigenvalue weighted by Gasteiger charge is -2.38. The van der Waals surface area contributed by atoms with E-state index in [4.69, 9.17) is 9.97 Å². The molecule has 4 aromatic rings. The smallest absolute Gasteiger partial charge is 0.178 e. The molecule has 0 spiro atoms. The first kappa shape index (κ1) is 36.2. The Labute approximate surface area is 279 Å². The molecule has 6 nitrogen and oxygen atoms in total. The highest BCUT2D eigenvalue weighted by molar-refractivity contribution is 5.83. The Balaban J connectivity index is 0.000000252. The Morgan fingerprint density at radius 2 is 1.15 bits per heavy atom. The third kappa shape index (κ3) is 7.55. The van der Waals surface area contributed by atoms with E-state index >= 15 is 0 Å². The lowest BCUT2D eigenvalue weighted by atomic mass is 9.89. The van der Waals surface area contributed by atoms with E-state index in [-0.39, 0.29) is 6.17 Å². The summed E-state index contributed by atoms with van der Waals surface area (Å²) < 4.78 is 0. The summed E-state index contributed by atoms with van der Waals surface area (Å²) in [5.41, 5.74) is 5.13. The molecule has 3 atom stereocenters. The standard InChI is InChI=1S/C23H26N4.C11H12N2.3C2H6/c1-4-17(2)18(3)23-26(19-11-7-5-8-12-19)21-22(25-16-15-24-21)27(23)20-13-9-6-10-14-20;1-12-6-7-13-10-5-3-2-4-9(10)8-11(12)13;3*1-2/h5-18,23H,4H2,1-3H3;2-7,11H,8H2,1H3;3*1-2H3. The molecule has 1 aromatic heterocycles. The van der Waals surface area contributed by atoms with Gasteiger partial charge in [0, 0.05) is 55.3 Å². The van der Waals surface area contributed by atoms with Crippen LogP contribution < -0.4 is 14.7 Å². The van der Waals surface area contributed by atoms with Crippen molar-refractivity contribution in [2.24, 2.45) is 11.8 Å². The number of hydrogen-bond donors (Lipinski definition) is 0. The van der Waals surface area contributed by atoms with Crippen molar-refractivity contribution in [2.45, 2.75) is 87.5 Å².